The molecule has 2 aliphatic heterocycles. The van der Waals surface area contributed by atoms with Crippen molar-refractivity contribution in [1.82, 2.24) is 10.3 Å². The van der Waals surface area contributed by atoms with Gasteiger partial charge in [0.25, 0.3) is 5.91 Å². The standard InChI is InChI=1S/C19H19ClN2O4/c20-17-4-1-13(10-21-17)18(23)22-11-19(5-7-24-8-6-19)14-2-3-15-16(9-14)26-12-25-15/h1-4,9-10H,5-8,11-12H2,(H,22,23). The van der Waals surface area contributed by atoms with Crippen LogP contribution >= 0.6 is 11.6 Å². The molecule has 0 atom stereocenters. The Morgan fingerprint density at radius 1 is 1.15 bits per heavy atom. The summed E-state index contributed by atoms with van der Waals surface area (Å²) in [5, 5.41) is 3.41. The Kier molecular flexibility index (Phi) is 4.70. The van der Waals surface area contributed by atoms with Crippen LogP contribution in [0.5, 0.6) is 11.5 Å². The molecule has 1 aromatic carbocycles. The van der Waals surface area contributed by atoms with Crippen LogP contribution in [0.1, 0.15) is 28.8 Å². The van der Waals surface area contributed by atoms with Crippen LogP contribution in [-0.2, 0) is 10.2 Å². The van der Waals surface area contributed by atoms with Crippen molar-refractivity contribution in [3.05, 3.63) is 52.8 Å². The van der Waals surface area contributed by atoms with E-state index in [0.29, 0.717) is 30.5 Å². The third-order valence-corrected chi connectivity index (χ3v) is 5.24. The predicted octanol–water partition coefficient (Wildman–Crippen LogP) is 2.94. The number of nitrogens with zero attached hydrogens (tertiary/aromatic N) is 1. The Labute approximate surface area is 156 Å². The van der Waals surface area contributed by atoms with Gasteiger partial charge in [0.05, 0.1) is 5.56 Å². The van der Waals surface area contributed by atoms with Gasteiger partial charge in [0.1, 0.15) is 5.15 Å². The molecule has 0 bridgehead atoms. The molecule has 0 radical (unpaired) electrons. The molecule has 1 N–H and O–H groups in total. The van der Waals surface area contributed by atoms with E-state index in [1.165, 1.54) is 6.20 Å². The van der Waals surface area contributed by atoms with Gasteiger partial charge >= 0.3 is 0 Å². The maximum absolute atomic E-state index is 12.5. The van der Waals surface area contributed by atoms with E-state index in [-0.39, 0.29) is 18.1 Å². The second-order valence-corrected chi connectivity index (χ2v) is 6.90. The smallest absolute Gasteiger partial charge is 0.252 e. The quantitative estimate of drug-likeness (QED) is 0.833. The number of pyridine rings is 1. The van der Waals surface area contributed by atoms with Gasteiger partial charge in [-0.05, 0) is 42.7 Å². The van der Waals surface area contributed by atoms with Crippen LogP contribution in [0, 0.1) is 0 Å². The lowest BCUT2D eigenvalue weighted by atomic mass is 9.74. The highest BCUT2D eigenvalue weighted by molar-refractivity contribution is 6.29. The summed E-state index contributed by atoms with van der Waals surface area (Å²) >= 11 is 5.78. The molecule has 0 unspecified atom stereocenters. The topological polar surface area (TPSA) is 69.7 Å². The van der Waals surface area contributed by atoms with Gasteiger partial charge in [-0.25, -0.2) is 4.98 Å². The third-order valence-electron chi connectivity index (χ3n) is 5.01. The summed E-state index contributed by atoms with van der Waals surface area (Å²) in [4.78, 5) is 16.5. The van der Waals surface area contributed by atoms with E-state index in [4.69, 9.17) is 25.8 Å². The zero-order chi connectivity index (χ0) is 18.0. The van der Waals surface area contributed by atoms with Gasteiger partial charge in [-0.15, -0.1) is 0 Å². The van der Waals surface area contributed by atoms with Crippen molar-refractivity contribution < 1.29 is 19.0 Å². The molecular formula is C19H19ClN2O4. The largest absolute Gasteiger partial charge is 0.454 e. The first-order valence-corrected chi connectivity index (χ1v) is 8.92. The van der Waals surface area contributed by atoms with E-state index < -0.39 is 0 Å². The first-order chi connectivity index (χ1) is 12.7. The number of ether oxygens (including phenoxy) is 3. The Bertz CT molecular complexity index is 804. The molecule has 1 saturated heterocycles. The van der Waals surface area contributed by atoms with E-state index in [1.807, 2.05) is 12.1 Å². The average Bonchev–Trinajstić information content (AvgIpc) is 3.15. The molecule has 0 spiro atoms. The zero-order valence-electron chi connectivity index (χ0n) is 14.2. The lowest BCUT2D eigenvalue weighted by Crippen LogP contribution is -2.44. The minimum atomic E-state index is -0.200. The Balaban J connectivity index is 1.55. The number of benzene rings is 1. The number of amides is 1. The van der Waals surface area contributed by atoms with Crippen LogP contribution in [0.3, 0.4) is 0 Å². The summed E-state index contributed by atoms with van der Waals surface area (Å²) in [5.74, 6) is 1.34. The van der Waals surface area contributed by atoms with Gasteiger partial charge in [-0.1, -0.05) is 17.7 Å². The molecule has 2 aliphatic rings. The highest BCUT2D eigenvalue weighted by atomic mass is 35.5. The Hall–Kier alpha value is -2.31. The molecule has 7 heteroatoms. The molecule has 2 aromatic rings. The van der Waals surface area contributed by atoms with Crippen molar-refractivity contribution >= 4 is 17.5 Å². The van der Waals surface area contributed by atoms with Gasteiger partial charge in [0.2, 0.25) is 6.79 Å². The summed E-state index contributed by atoms with van der Waals surface area (Å²) in [7, 11) is 0. The fourth-order valence-electron chi connectivity index (χ4n) is 3.42. The molecule has 0 aliphatic carbocycles. The normalized spacial score (nSPS) is 17.7. The second kappa shape index (κ2) is 7.13. The zero-order valence-corrected chi connectivity index (χ0v) is 14.9. The number of nitrogens with one attached hydrogen (secondary N) is 1. The van der Waals surface area contributed by atoms with E-state index in [2.05, 4.69) is 16.4 Å². The summed E-state index contributed by atoms with van der Waals surface area (Å²) < 4.78 is 16.5. The van der Waals surface area contributed by atoms with Crippen LogP contribution in [-0.4, -0.2) is 37.4 Å². The number of halogens is 1. The highest BCUT2D eigenvalue weighted by Crippen LogP contribution is 2.40. The van der Waals surface area contributed by atoms with E-state index in [9.17, 15) is 4.79 Å². The molecule has 0 saturated carbocycles. The average molecular weight is 375 g/mol. The van der Waals surface area contributed by atoms with Crippen molar-refractivity contribution in [3.63, 3.8) is 0 Å². The number of carbonyl (C=O) groups excluding carboxylic acids is 1. The minimum Gasteiger partial charge on any atom is -0.454 e. The number of carbonyl (C=O) groups is 1. The first-order valence-electron chi connectivity index (χ1n) is 8.54. The number of rotatable bonds is 4. The third kappa shape index (κ3) is 3.34. The van der Waals surface area contributed by atoms with Gasteiger partial charge in [0.15, 0.2) is 11.5 Å². The van der Waals surface area contributed by atoms with Crippen molar-refractivity contribution in [2.75, 3.05) is 26.6 Å². The number of hydrogen-bond donors (Lipinski definition) is 1. The van der Waals surface area contributed by atoms with Gasteiger partial charge in [-0.3, -0.25) is 4.79 Å². The molecule has 4 rings (SSSR count). The van der Waals surface area contributed by atoms with Gasteiger partial charge in [0, 0.05) is 31.4 Å². The molecule has 1 aromatic heterocycles. The summed E-state index contributed by atoms with van der Waals surface area (Å²) in [6, 6.07) is 9.28. The number of hydrogen-bond acceptors (Lipinski definition) is 5. The Morgan fingerprint density at radius 3 is 2.73 bits per heavy atom. The van der Waals surface area contributed by atoms with Gasteiger partial charge in [-0.2, -0.15) is 0 Å². The maximum Gasteiger partial charge on any atom is 0.252 e. The number of aromatic nitrogens is 1. The van der Waals surface area contributed by atoms with Crippen molar-refractivity contribution in [3.8, 4) is 11.5 Å². The Morgan fingerprint density at radius 2 is 1.96 bits per heavy atom. The van der Waals surface area contributed by atoms with E-state index in [1.54, 1.807) is 12.1 Å². The fourth-order valence-corrected chi connectivity index (χ4v) is 3.53. The van der Waals surface area contributed by atoms with Crippen LogP contribution in [0.25, 0.3) is 0 Å². The molecule has 3 heterocycles. The van der Waals surface area contributed by atoms with Crippen molar-refractivity contribution in [1.29, 1.82) is 0 Å². The monoisotopic (exact) mass is 374 g/mol. The molecule has 26 heavy (non-hydrogen) atoms. The molecule has 1 fully saturated rings. The summed E-state index contributed by atoms with van der Waals surface area (Å²) in [6.45, 7) is 2.08. The van der Waals surface area contributed by atoms with Crippen LogP contribution in [0.2, 0.25) is 5.15 Å². The molecule has 136 valence electrons. The molecule has 6 nitrogen and oxygen atoms in total. The van der Waals surface area contributed by atoms with E-state index in [0.717, 1.165) is 29.9 Å². The SMILES string of the molecule is O=C(NCC1(c2ccc3c(c2)OCO3)CCOCC1)c1ccc(Cl)nc1. The number of fused-ring (bicyclic) bond motifs is 1. The first kappa shape index (κ1) is 17.1. The maximum atomic E-state index is 12.5. The van der Waals surface area contributed by atoms with Crippen LogP contribution in [0.4, 0.5) is 0 Å². The lowest BCUT2D eigenvalue weighted by molar-refractivity contribution is 0.0486. The predicted molar refractivity (Wildman–Crippen MR) is 95.9 cm³/mol. The molecule has 1 amide bonds. The van der Waals surface area contributed by atoms with Crippen molar-refractivity contribution in [2.45, 2.75) is 18.3 Å². The fraction of sp³-hybridized carbons (Fsp3) is 0.368. The second-order valence-electron chi connectivity index (χ2n) is 6.51. The minimum absolute atomic E-state index is 0.166. The van der Waals surface area contributed by atoms with Gasteiger partial charge < -0.3 is 19.5 Å². The van der Waals surface area contributed by atoms with Crippen LogP contribution < -0.4 is 14.8 Å². The van der Waals surface area contributed by atoms with Crippen molar-refractivity contribution in [2.24, 2.45) is 0 Å². The van der Waals surface area contributed by atoms with Crippen LogP contribution in [0.15, 0.2) is 36.5 Å². The summed E-state index contributed by atoms with van der Waals surface area (Å²) in [5.41, 5.74) is 1.41. The summed E-state index contributed by atoms with van der Waals surface area (Å²) in [6.07, 6.45) is 3.13. The lowest BCUT2D eigenvalue weighted by Gasteiger charge is -2.38. The molecular weight excluding hydrogens is 356 g/mol. The van der Waals surface area contributed by atoms with E-state index >= 15 is 0 Å². The highest BCUT2D eigenvalue weighted by Gasteiger charge is 2.36.